The van der Waals surface area contributed by atoms with Crippen molar-refractivity contribution >= 4 is 11.9 Å². The Balaban J connectivity index is 1.93. The number of nitrogens with one attached hydrogen (secondary N) is 1. The van der Waals surface area contributed by atoms with Gasteiger partial charge >= 0.3 is 5.97 Å². The van der Waals surface area contributed by atoms with E-state index in [1.165, 1.54) is 0 Å². The Labute approximate surface area is 108 Å². The van der Waals surface area contributed by atoms with E-state index >= 15 is 0 Å². The van der Waals surface area contributed by atoms with Gasteiger partial charge in [0.05, 0.1) is 11.5 Å². The van der Waals surface area contributed by atoms with E-state index in [0.717, 1.165) is 19.4 Å². The maximum atomic E-state index is 12.2. The first-order chi connectivity index (χ1) is 8.59. The number of carboxylic acids is 1. The first-order valence-corrected chi connectivity index (χ1v) is 6.84. The molecule has 0 aliphatic carbocycles. The predicted octanol–water partition coefficient (Wildman–Crippen LogP) is 0.842. The minimum absolute atomic E-state index is 0.0380. The summed E-state index contributed by atoms with van der Waals surface area (Å²) in [5.74, 6) is -0.557. The normalized spacial score (nSPS) is 27.2. The molecule has 1 atom stereocenters. The smallest absolute Gasteiger partial charge is 0.309 e. The molecule has 0 radical (unpaired) electrons. The van der Waals surface area contributed by atoms with Gasteiger partial charge < -0.3 is 15.3 Å². The average Bonchev–Trinajstić information content (AvgIpc) is 2.91. The lowest BCUT2D eigenvalue weighted by Gasteiger charge is -2.39. The molecule has 0 aromatic carbocycles. The zero-order chi connectivity index (χ0) is 13.2. The van der Waals surface area contributed by atoms with Crippen LogP contribution >= 0.6 is 0 Å². The molecule has 2 N–H and O–H groups in total. The fraction of sp³-hybridized carbons (Fsp3) is 0.846. The van der Waals surface area contributed by atoms with Crippen molar-refractivity contribution in [1.29, 1.82) is 0 Å². The van der Waals surface area contributed by atoms with Crippen molar-refractivity contribution in [1.82, 2.24) is 10.2 Å². The number of nitrogens with zero attached hydrogens (tertiary/aromatic N) is 1. The van der Waals surface area contributed by atoms with Crippen LogP contribution in [0.3, 0.4) is 0 Å². The van der Waals surface area contributed by atoms with Crippen molar-refractivity contribution in [2.24, 2.45) is 5.41 Å². The van der Waals surface area contributed by atoms with Gasteiger partial charge in [-0.25, -0.2) is 0 Å². The molecule has 102 valence electrons. The topological polar surface area (TPSA) is 69.6 Å². The standard InChI is InChI=1S/C13H22N2O3/c1-2-13(12(17)18)5-8-15(9-6-13)11(16)10-4-3-7-14-10/h10,14H,2-9H2,1H3,(H,17,18)/t10-/m1/s1. The highest BCUT2D eigenvalue weighted by atomic mass is 16.4. The summed E-state index contributed by atoms with van der Waals surface area (Å²) < 4.78 is 0. The quantitative estimate of drug-likeness (QED) is 0.783. The molecule has 2 heterocycles. The van der Waals surface area contributed by atoms with Crippen LogP contribution in [0.15, 0.2) is 0 Å². The number of carbonyl (C=O) groups is 2. The third-order valence-electron chi connectivity index (χ3n) is 4.52. The maximum absolute atomic E-state index is 12.2. The van der Waals surface area contributed by atoms with E-state index in [1.807, 2.05) is 11.8 Å². The first kappa shape index (κ1) is 13.3. The fourth-order valence-corrected chi connectivity index (χ4v) is 2.99. The SMILES string of the molecule is CCC1(C(=O)O)CCN(C(=O)[C@H]2CCCN2)CC1. The molecule has 18 heavy (non-hydrogen) atoms. The van der Waals surface area contributed by atoms with Crippen LogP contribution in [0.5, 0.6) is 0 Å². The van der Waals surface area contributed by atoms with Crippen molar-refractivity contribution in [2.75, 3.05) is 19.6 Å². The molecular formula is C13H22N2O3. The number of likely N-dealkylation sites (tertiary alicyclic amines) is 1. The number of rotatable bonds is 3. The average molecular weight is 254 g/mol. The van der Waals surface area contributed by atoms with Crippen molar-refractivity contribution in [3.8, 4) is 0 Å². The molecule has 0 aromatic heterocycles. The summed E-state index contributed by atoms with van der Waals surface area (Å²) in [5.41, 5.74) is -0.611. The van der Waals surface area contributed by atoms with Crippen LogP contribution in [-0.4, -0.2) is 47.6 Å². The van der Waals surface area contributed by atoms with E-state index in [1.54, 1.807) is 0 Å². The summed E-state index contributed by atoms with van der Waals surface area (Å²) >= 11 is 0. The van der Waals surface area contributed by atoms with Crippen LogP contribution in [0.25, 0.3) is 0 Å². The minimum atomic E-state index is -0.712. The highest BCUT2D eigenvalue weighted by Crippen LogP contribution is 2.35. The molecule has 5 heteroatoms. The van der Waals surface area contributed by atoms with Crippen LogP contribution < -0.4 is 5.32 Å². The van der Waals surface area contributed by atoms with Gasteiger partial charge in [-0.2, -0.15) is 0 Å². The number of carboxylic acid groups (broad SMARTS) is 1. The Hall–Kier alpha value is -1.10. The van der Waals surface area contributed by atoms with Gasteiger partial charge in [-0.3, -0.25) is 9.59 Å². The van der Waals surface area contributed by atoms with Gasteiger partial charge in [-0.1, -0.05) is 6.92 Å². The van der Waals surface area contributed by atoms with E-state index in [2.05, 4.69) is 5.32 Å². The van der Waals surface area contributed by atoms with Crippen LogP contribution in [0.2, 0.25) is 0 Å². The predicted molar refractivity (Wildman–Crippen MR) is 67.2 cm³/mol. The summed E-state index contributed by atoms with van der Waals surface area (Å²) in [6.07, 6.45) is 3.77. The molecule has 0 spiro atoms. The van der Waals surface area contributed by atoms with Gasteiger partial charge in [-0.15, -0.1) is 0 Å². The van der Waals surface area contributed by atoms with Crippen molar-refractivity contribution < 1.29 is 14.7 Å². The fourth-order valence-electron chi connectivity index (χ4n) is 2.99. The number of carbonyl (C=O) groups excluding carboxylic acids is 1. The van der Waals surface area contributed by atoms with Crippen molar-refractivity contribution in [2.45, 2.75) is 45.1 Å². The highest BCUT2D eigenvalue weighted by molar-refractivity contribution is 5.83. The highest BCUT2D eigenvalue weighted by Gasteiger charge is 2.41. The van der Waals surface area contributed by atoms with E-state index in [4.69, 9.17) is 0 Å². The Morgan fingerprint density at radius 3 is 2.50 bits per heavy atom. The van der Waals surface area contributed by atoms with Crippen molar-refractivity contribution in [3.05, 3.63) is 0 Å². The summed E-state index contributed by atoms with van der Waals surface area (Å²) in [4.78, 5) is 25.3. The Morgan fingerprint density at radius 2 is 2.06 bits per heavy atom. The molecule has 1 amide bonds. The molecule has 2 aliphatic rings. The second-order valence-electron chi connectivity index (χ2n) is 5.41. The first-order valence-electron chi connectivity index (χ1n) is 6.84. The van der Waals surface area contributed by atoms with Gasteiger partial charge in [0, 0.05) is 13.1 Å². The lowest BCUT2D eigenvalue weighted by atomic mass is 9.76. The lowest BCUT2D eigenvalue weighted by Crippen LogP contribution is -2.50. The third-order valence-corrected chi connectivity index (χ3v) is 4.52. The molecule has 2 saturated heterocycles. The van der Waals surface area contributed by atoms with Gasteiger partial charge in [-0.05, 0) is 38.6 Å². The zero-order valence-electron chi connectivity index (χ0n) is 10.9. The third kappa shape index (κ3) is 2.36. The Bertz CT molecular complexity index is 329. The molecule has 0 saturated carbocycles. The van der Waals surface area contributed by atoms with Gasteiger partial charge in [0.25, 0.3) is 0 Å². The zero-order valence-corrected chi connectivity index (χ0v) is 10.9. The van der Waals surface area contributed by atoms with Crippen molar-refractivity contribution in [3.63, 3.8) is 0 Å². The maximum Gasteiger partial charge on any atom is 0.309 e. The lowest BCUT2D eigenvalue weighted by molar-refractivity contribution is -0.155. The van der Waals surface area contributed by atoms with Crippen LogP contribution in [-0.2, 0) is 9.59 Å². The second-order valence-corrected chi connectivity index (χ2v) is 5.41. The number of aliphatic carboxylic acids is 1. The number of amides is 1. The Morgan fingerprint density at radius 1 is 1.39 bits per heavy atom. The molecule has 0 unspecified atom stereocenters. The van der Waals surface area contributed by atoms with Gasteiger partial charge in [0.2, 0.25) is 5.91 Å². The Kier molecular flexibility index (Phi) is 3.90. The van der Waals surface area contributed by atoms with Gasteiger partial charge in [0.1, 0.15) is 0 Å². The molecule has 2 aliphatic heterocycles. The van der Waals surface area contributed by atoms with Crippen LogP contribution in [0.1, 0.15) is 39.0 Å². The number of hydrogen-bond donors (Lipinski definition) is 2. The van der Waals surface area contributed by atoms with Crippen LogP contribution in [0, 0.1) is 5.41 Å². The van der Waals surface area contributed by atoms with Gasteiger partial charge in [0.15, 0.2) is 0 Å². The second kappa shape index (κ2) is 5.26. The monoisotopic (exact) mass is 254 g/mol. The summed E-state index contributed by atoms with van der Waals surface area (Å²) in [6, 6.07) is -0.0380. The summed E-state index contributed by atoms with van der Waals surface area (Å²) in [6.45, 7) is 4.00. The van der Waals surface area contributed by atoms with Crippen LogP contribution in [0.4, 0.5) is 0 Å². The minimum Gasteiger partial charge on any atom is -0.481 e. The summed E-state index contributed by atoms with van der Waals surface area (Å²) in [7, 11) is 0. The molecule has 2 rings (SSSR count). The van der Waals surface area contributed by atoms with E-state index in [0.29, 0.717) is 32.4 Å². The number of piperidine rings is 1. The molecule has 2 fully saturated rings. The number of hydrogen-bond acceptors (Lipinski definition) is 3. The largest absolute Gasteiger partial charge is 0.481 e. The van der Waals surface area contributed by atoms with E-state index in [9.17, 15) is 14.7 Å². The molecule has 0 bridgehead atoms. The summed E-state index contributed by atoms with van der Waals surface area (Å²) in [5, 5.41) is 12.5. The van der Waals surface area contributed by atoms with E-state index < -0.39 is 11.4 Å². The molecular weight excluding hydrogens is 232 g/mol. The molecule has 0 aromatic rings. The molecule has 5 nitrogen and oxygen atoms in total. The van der Waals surface area contributed by atoms with E-state index in [-0.39, 0.29) is 11.9 Å².